The smallest absolute Gasteiger partial charge is 0.289 e. The van der Waals surface area contributed by atoms with Crippen molar-refractivity contribution in [1.29, 1.82) is 0 Å². The standard InChI is InChI=1S/C15H17N3O5S/c1-8(19)16-12-6-9-2-4-11(12)15(9)24-14-5-3-10(17(20)21)7-13(14)18(22)23/h3,5,7,9,11-12,15H,2,4,6H2,1H3,(H,16,19)/t9-,11+,12-,15?/m1/s1. The largest absolute Gasteiger partial charge is 0.353 e. The number of hydrogen-bond donors (Lipinski definition) is 1. The van der Waals surface area contributed by atoms with Crippen LogP contribution in [0.25, 0.3) is 0 Å². The first-order valence-corrected chi connectivity index (χ1v) is 8.61. The Balaban J connectivity index is 1.83. The molecule has 2 fully saturated rings. The SMILES string of the molecule is CC(=O)N[C@@H]1C[C@H]2CC[C@@H]1C2Sc1ccc([N+](=O)[O-])cc1[N+](=O)[O-]. The zero-order valence-corrected chi connectivity index (χ0v) is 13.8. The first kappa shape index (κ1) is 16.7. The van der Waals surface area contributed by atoms with E-state index in [0.717, 1.165) is 25.3 Å². The fourth-order valence-electron chi connectivity index (χ4n) is 3.89. The van der Waals surface area contributed by atoms with E-state index in [2.05, 4.69) is 5.32 Å². The minimum atomic E-state index is -0.631. The van der Waals surface area contributed by atoms with Crippen LogP contribution in [0, 0.1) is 32.1 Å². The van der Waals surface area contributed by atoms with Gasteiger partial charge in [0.2, 0.25) is 5.91 Å². The lowest BCUT2D eigenvalue weighted by Crippen LogP contribution is -2.37. The number of nitro groups is 2. The number of carbonyl (C=O) groups is 1. The van der Waals surface area contributed by atoms with Crippen molar-refractivity contribution < 1.29 is 14.6 Å². The highest BCUT2D eigenvalue weighted by Crippen LogP contribution is 2.53. The molecule has 24 heavy (non-hydrogen) atoms. The van der Waals surface area contributed by atoms with Gasteiger partial charge >= 0.3 is 0 Å². The number of nitrogens with zero attached hydrogens (tertiary/aromatic N) is 2. The number of nitrogens with one attached hydrogen (secondary N) is 1. The Labute approximate surface area is 142 Å². The maximum Gasteiger partial charge on any atom is 0.289 e. The number of thioether (sulfide) groups is 1. The molecular formula is C15H17N3O5S. The molecule has 1 N–H and O–H groups in total. The number of non-ortho nitro benzene ring substituents is 1. The average molecular weight is 351 g/mol. The molecule has 4 atom stereocenters. The van der Waals surface area contributed by atoms with E-state index in [1.54, 1.807) is 0 Å². The van der Waals surface area contributed by atoms with Gasteiger partial charge in [-0.05, 0) is 37.2 Å². The van der Waals surface area contributed by atoms with Gasteiger partial charge in [-0.3, -0.25) is 25.0 Å². The molecule has 2 bridgehead atoms. The zero-order valence-electron chi connectivity index (χ0n) is 13.0. The van der Waals surface area contributed by atoms with Gasteiger partial charge < -0.3 is 5.32 Å². The molecule has 1 unspecified atom stereocenters. The molecule has 0 radical (unpaired) electrons. The van der Waals surface area contributed by atoms with Gasteiger partial charge in [-0.2, -0.15) is 0 Å². The maximum atomic E-state index is 11.3. The number of amides is 1. The van der Waals surface area contributed by atoms with Crippen LogP contribution in [0.1, 0.15) is 26.2 Å². The molecule has 8 nitrogen and oxygen atoms in total. The summed E-state index contributed by atoms with van der Waals surface area (Å²) in [6.45, 7) is 1.50. The summed E-state index contributed by atoms with van der Waals surface area (Å²) >= 11 is 1.42. The van der Waals surface area contributed by atoms with Crippen molar-refractivity contribution in [3.63, 3.8) is 0 Å². The van der Waals surface area contributed by atoms with Gasteiger partial charge in [-0.25, -0.2) is 0 Å². The fourth-order valence-corrected chi connectivity index (χ4v) is 5.52. The molecule has 0 aromatic heterocycles. The van der Waals surface area contributed by atoms with E-state index in [0.29, 0.717) is 16.7 Å². The van der Waals surface area contributed by atoms with Gasteiger partial charge in [-0.15, -0.1) is 11.8 Å². The van der Waals surface area contributed by atoms with Crippen LogP contribution in [0.5, 0.6) is 0 Å². The van der Waals surface area contributed by atoms with Crippen LogP contribution in [-0.2, 0) is 4.79 Å². The van der Waals surface area contributed by atoms with E-state index in [1.807, 2.05) is 0 Å². The minimum Gasteiger partial charge on any atom is -0.353 e. The van der Waals surface area contributed by atoms with Crippen molar-refractivity contribution in [1.82, 2.24) is 5.32 Å². The quantitative estimate of drug-likeness (QED) is 0.644. The van der Waals surface area contributed by atoms with Gasteiger partial charge in [-0.1, -0.05) is 0 Å². The van der Waals surface area contributed by atoms with E-state index in [-0.39, 0.29) is 28.6 Å². The topological polar surface area (TPSA) is 115 Å². The van der Waals surface area contributed by atoms with Gasteiger partial charge in [0.1, 0.15) is 0 Å². The van der Waals surface area contributed by atoms with Crippen molar-refractivity contribution in [2.45, 2.75) is 42.4 Å². The number of hydrogen-bond acceptors (Lipinski definition) is 6. The predicted molar refractivity (Wildman–Crippen MR) is 87.8 cm³/mol. The van der Waals surface area contributed by atoms with Crippen LogP contribution >= 0.6 is 11.8 Å². The van der Waals surface area contributed by atoms with Crippen LogP contribution in [-0.4, -0.2) is 27.0 Å². The van der Waals surface area contributed by atoms with Crippen molar-refractivity contribution in [3.8, 4) is 0 Å². The highest BCUT2D eigenvalue weighted by Gasteiger charge is 2.49. The Hall–Kier alpha value is -2.16. The summed E-state index contributed by atoms with van der Waals surface area (Å²) in [4.78, 5) is 32.7. The third kappa shape index (κ3) is 3.08. The molecule has 2 aliphatic carbocycles. The van der Waals surface area contributed by atoms with Gasteiger partial charge in [0.25, 0.3) is 11.4 Å². The number of fused-ring (bicyclic) bond motifs is 2. The molecule has 0 aliphatic heterocycles. The summed E-state index contributed by atoms with van der Waals surface area (Å²) in [7, 11) is 0. The molecule has 9 heteroatoms. The summed E-state index contributed by atoms with van der Waals surface area (Å²) in [5.74, 6) is 0.642. The zero-order chi connectivity index (χ0) is 17.4. The molecule has 0 spiro atoms. The highest BCUT2D eigenvalue weighted by atomic mass is 32.2. The lowest BCUT2D eigenvalue weighted by atomic mass is 9.95. The minimum absolute atomic E-state index is 0.0578. The van der Waals surface area contributed by atoms with Crippen molar-refractivity contribution in [2.24, 2.45) is 11.8 Å². The second kappa shape index (κ2) is 6.39. The summed E-state index contributed by atoms with van der Waals surface area (Å²) in [5, 5.41) is 25.3. The van der Waals surface area contributed by atoms with E-state index in [4.69, 9.17) is 0 Å². The van der Waals surface area contributed by atoms with E-state index < -0.39 is 9.85 Å². The molecule has 1 aromatic rings. The van der Waals surface area contributed by atoms with Crippen LogP contribution in [0.15, 0.2) is 23.1 Å². The summed E-state index contributed by atoms with van der Waals surface area (Å²) in [6.07, 6.45) is 2.94. The van der Waals surface area contributed by atoms with Crippen LogP contribution < -0.4 is 5.32 Å². The van der Waals surface area contributed by atoms with E-state index >= 15 is 0 Å². The summed E-state index contributed by atoms with van der Waals surface area (Å²) in [5.41, 5.74) is -0.506. The lowest BCUT2D eigenvalue weighted by molar-refractivity contribution is -0.396. The Morgan fingerprint density at radius 1 is 1.25 bits per heavy atom. The van der Waals surface area contributed by atoms with Crippen molar-refractivity contribution in [2.75, 3.05) is 0 Å². The summed E-state index contributed by atoms with van der Waals surface area (Å²) < 4.78 is 0. The maximum absolute atomic E-state index is 11.3. The normalized spacial score (nSPS) is 27.9. The molecular weight excluding hydrogens is 334 g/mol. The first-order chi connectivity index (χ1) is 11.4. The van der Waals surface area contributed by atoms with Gasteiger partial charge in [0.15, 0.2) is 0 Å². The lowest BCUT2D eigenvalue weighted by Gasteiger charge is -2.22. The number of carbonyl (C=O) groups excluding carboxylic acids is 1. The highest BCUT2D eigenvalue weighted by molar-refractivity contribution is 8.00. The molecule has 2 aliphatic rings. The molecule has 2 saturated carbocycles. The third-order valence-corrected chi connectivity index (χ3v) is 6.44. The second-order valence-corrected chi connectivity index (χ2v) is 7.51. The molecule has 0 saturated heterocycles. The molecule has 3 rings (SSSR count). The Morgan fingerprint density at radius 2 is 2.00 bits per heavy atom. The number of rotatable bonds is 5. The van der Waals surface area contributed by atoms with Crippen molar-refractivity contribution >= 4 is 29.0 Å². The average Bonchev–Trinajstić information content (AvgIpc) is 3.03. The van der Waals surface area contributed by atoms with E-state index in [9.17, 15) is 25.0 Å². The van der Waals surface area contributed by atoms with E-state index in [1.165, 1.54) is 30.8 Å². The van der Waals surface area contributed by atoms with Crippen LogP contribution in [0.2, 0.25) is 0 Å². The number of nitro benzene ring substituents is 2. The fraction of sp³-hybridized carbons (Fsp3) is 0.533. The third-order valence-electron chi connectivity index (χ3n) is 4.83. The number of benzene rings is 1. The van der Waals surface area contributed by atoms with Gasteiger partial charge in [0, 0.05) is 24.3 Å². The Bertz CT molecular complexity index is 710. The first-order valence-electron chi connectivity index (χ1n) is 7.73. The Morgan fingerprint density at radius 3 is 2.62 bits per heavy atom. The Kier molecular flexibility index (Phi) is 4.44. The molecule has 1 amide bonds. The molecule has 0 heterocycles. The predicted octanol–water partition coefficient (Wildman–Crippen LogP) is 2.90. The van der Waals surface area contributed by atoms with Gasteiger partial charge in [0.05, 0.1) is 20.8 Å². The van der Waals surface area contributed by atoms with Crippen LogP contribution in [0.3, 0.4) is 0 Å². The molecule has 1 aromatic carbocycles. The summed E-state index contributed by atoms with van der Waals surface area (Å²) in [6, 6.07) is 3.91. The second-order valence-electron chi connectivity index (χ2n) is 6.29. The van der Waals surface area contributed by atoms with Crippen LogP contribution in [0.4, 0.5) is 11.4 Å². The van der Waals surface area contributed by atoms with Crippen molar-refractivity contribution in [3.05, 3.63) is 38.4 Å². The molecule has 128 valence electrons. The monoisotopic (exact) mass is 351 g/mol.